The van der Waals surface area contributed by atoms with Crippen LogP contribution < -0.4 is 4.74 Å². The highest BCUT2D eigenvalue weighted by molar-refractivity contribution is 6.46. The van der Waals surface area contributed by atoms with E-state index in [9.17, 15) is 24.8 Å². The fraction of sp³-hybridized carbons (Fsp3) is 0.360. The number of Topliss-reactive ketones (excluding diaryl/α,β-unsaturated/α-hetero) is 1. The van der Waals surface area contributed by atoms with Crippen LogP contribution in [0, 0.1) is 10.1 Å². The van der Waals surface area contributed by atoms with Crippen LogP contribution in [0.4, 0.5) is 5.69 Å². The van der Waals surface area contributed by atoms with Crippen molar-refractivity contribution in [2.24, 2.45) is 0 Å². The number of rotatable bonds is 8. The number of hydrogen-bond acceptors (Lipinski definition) is 8. The van der Waals surface area contributed by atoms with Crippen molar-refractivity contribution in [3.05, 3.63) is 75.3 Å². The Morgan fingerprint density at radius 3 is 2.51 bits per heavy atom. The van der Waals surface area contributed by atoms with Gasteiger partial charge < -0.3 is 19.5 Å². The number of likely N-dealkylation sites (tertiary alicyclic amines) is 1. The molecular formula is C25H27N3O7. The maximum atomic E-state index is 13.1. The molecule has 35 heavy (non-hydrogen) atoms. The summed E-state index contributed by atoms with van der Waals surface area (Å²) >= 11 is 0. The zero-order chi connectivity index (χ0) is 24.9. The minimum Gasteiger partial charge on any atom is -0.507 e. The lowest BCUT2D eigenvalue weighted by molar-refractivity contribution is -0.384. The molecule has 2 saturated heterocycles. The van der Waals surface area contributed by atoms with E-state index in [0.717, 1.165) is 19.6 Å². The van der Waals surface area contributed by atoms with Gasteiger partial charge in [0.1, 0.15) is 11.5 Å². The molecule has 10 heteroatoms. The second-order valence-corrected chi connectivity index (χ2v) is 8.38. The highest BCUT2D eigenvalue weighted by atomic mass is 16.6. The van der Waals surface area contributed by atoms with Crippen molar-refractivity contribution in [2.45, 2.75) is 12.5 Å². The molecule has 0 aromatic heterocycles. The Bertz CT molecular complexity index is 1140. The molecule has 1 N–H and O–H groups in total. The predicted molar refractivity (Wildman–Crippen MR) is 127 cm³/mol. The van der Waals surface area contributed by atoms with Gasteiger partial charge in [-0.05, 0) is 36.2 Å². The summed E-state index contributed by atoms with van der Waals surface area (Å²) in [7, 11) is 1.49. The molecule has 2 heterocycles. The summed E-state index contributed by atoms with van der Waals surface area (Å²) in [5, 5.41) is 22.3. The SMILES string of the molecule is COc1cccc(C(O)=C2C(=O)C(=O)N(CCCN3CCOCC3)[C@H]2c2ccc([N+](=O)[O-])cc2)c1. The fourth-order valence-corrected chi connectivity index (χ4v) is 4.45. The monoisotopic (exact) mass is 481 g/mol. The average molecular weight is 482 g/mol. The third kappa shape index (κ3) is 5.18. The van der Waals surface area contributed by atoms with Gasteiger partial charge in [-0.25, -0.2) is 0 Å². The van der Waals surface area contributed by atoms with Crippen molar-refractivity contribution in [3.63, 3.8) is 0 Å². The van der Waals surface area contributed by atoms with Crippen LogP contribution in [-0.4, -0.2) is 78.0 Å². The van der Waals surface area contributed by atoms with Crippen LogP contribution in [0.5, 0.6) is 5.75 Å². The van der Waals surface area contributed by atoms with E-state index in [1.165, 1.54) is 36.3 Å². The largest absolute Gasteiger partial charge is 0.507 e. The molecule has 0 unspecified atom stereocenters. The Hall–Kier alpha value is -3.76. The first kappa shape index (κ1) is 24.4. The molecule has 10 nitrogen and oxygen atoms in total. The van der Waals surface area contributed by atoms with Gasteiger partial charge in [-0.2, -0.15) is 0 Å². The van der Waals surface area contributed by atoms with E-state index in [1.54, 1.807) is 24.3 Å². The number of ketones is 1. The molecule has 0 saturated carbocycles. The third-order valence-electron chi connectivity index (χ3n) is 6.28. The quantitative estimate of drug-likeness (QED) is 0.201. The molecular weight excluding hydrogens is 454 g/mol. The summed E-state index contributed by atoms with van der Waals surface area (Å²) in [5.41, 5.74) is 0.683. The number of nitro groups is 1. The number of methoxy groups -OCH3 is 1. The number of carbonyl (C=O) groups excluding carboxylic acids is 2. The summed E-state index contributed by atoms with van der Waals surface area (Å²) < 4.78 is 10.6. The maximum absolute atomic E-state index is 13.1. The van der Waals surface area contributed by atoms with E-state index in [2.05, 4.69) is 4.90 Å². The molecule has 0 spiro atoms. The molecule has 0 bridgehead atoms. The number of morpholine rings is 1. The van der Waals surface area contributed by atoms with Crippen LogP contribution in [0.3, 0.4) is 0 Å². The topological polar surface area (TPSA) is 122 Å². The summed E-state index contributed by atoms with van der Waals surface area (Å²) in [6.45, 7) is 3.95. The normalized spacial score (nSPS) is 20.3. The standard InChI is InChI=1S/C25H27N3O7/c1-34-20-5-2-4-18(16-20)23(29)21-22(17-6-8-19(9-7-17)28(32)33)27(25(31)24(21)30)11-3-10-26-12-14-35-15-13-26/h2,4-9,16,22,29H,3,10-15H2,1H3/t22-/m0/s1. The second kappa shape index (κ2) is 10.7. The smallest absolute Gasteiger partial charge is 0.295 e. The molecule has 2 aromatic rings. The van der Waals surface area contributed by atoms with Gasteiger partial charge in [0.25, 0.3) is 17.4 Å². The average Bonchev–Trinajstić information content (AvgIpc) is 3.14. The molecule has 2 aromatic carbocycles. The Balaban J connectivity index is 1.69. The van der Waals surface area contributed by atoms with Gasteiger partial charge in [0.15, 0.2) is 0 Å². The van der Waals surface area contributed by atoms with Crippen LogP contribution in [0.2, 0.25) is 0 Å². The number of hydrogen-bond donors (Lipinski definition) is 1. The Labute approximate surface area is 202 Å². The van der Waals surface area contributed by atoms with E-state index in [-0.39, 0.29) is 17.0 Å². The van der Waals surface area contributed by atoms with Gasteiger partial charge >= 0.3 is 0 Å². The number of non-ortho nitro benzene ring substituents is 1. The predicted octanol–water partition coefficient (Wildman–Crippen LogP) is 2.75. The number of aliphatic hydroxyl groups is 1. The lowest BCUT2D eigenvalue weighted by Crippen LogP contribution is -2.38. The van der Waals surface area contributed by atoms with Crippen molar-refractivity contribution in [1.29, 1.82) is 0 Å². The summed E-state index contributed by atoms with van der Waals surface area (Å²) in [6.07, 6.45) is 0.621. The van der Waals surface area contributed by atoms with Crippen molar-refractivity contribution >= 4 is 23.1 Å². The summed E-state index contributed by atoms with van der Waals surface area (Å²) in [4.78, 5) is 40.5. The van der Waals surface area contributed by atoms with Crippen LogP contribution in [0.25, 0.3) is 5.76 Å². The van der Waals surface area contributed by atoms with Crippen molar-refractivity contribution in [1.82, 2.24) is 9.80 Å². The summed E-state index contributed by atoms with van der Waals surface area (Å²) in [5.74, 6) is -1.33. The van der Waals surface area contributed by atoms with Gasteiger partial charge in [0, 0.05) is 43.9 Å². The number of nitro benzene ring substituents is 1. The number of benzene rings is 2. The molecule has 4 rings (SSSR count). The second-order valence-electron chi connectivity index (χ2n) is 8.38. The molecule has 1 amide bonds. The van der Waals surface area contributed by atoms with Crippen molar-refractivity contribution in [2.75, 3.05) is 46.5 Å². The molecule has 2 aliphatic rings. The van der Waals surface area contributed by atoms with Crippen molar-refractivity contribution < 1.29 is 29.1 Å². The number of nitrogens with zero attached hydrogens (tertiary/aromatic N) is 3. The van der Waals surface area contributed by atoms with Gasteiger partial charge in [-0.1, -0.05) is 12.1 Å². The van der Waals surface area contributed by atoms with E-state index in [1.807, 2.05) is 0 Å². The van der Waals surface area contributed by atoms with E-state index >= 15 is 0 Å². The highest BCUT2D eigenvalue weighted by Gasteiger charge is 2.46. The minimum absolute atomic E-state index is 0.0523. The number of amides is 1. The first-order valence-corrected chi connectivity index (χ1v) is 11.4. The summed E-state index contributed by atoms with van der Waals surface area (Å²) in [6, 6.07) is 11.4. The molecule has 2 aliphatic heterocycles. The van der Waals surface area contributed by atoms with Gasteiger partial charge in [-0.15, -0.1) is 0 Å². The fourth-order valence-electron chi connectivity index (χ4n) is 4.45. The lowest BCUT2D eigenvalue weighted by atomic mass is 9.95. The van der Waals surface area contributed by atoms with Crippen LogP contribution >= 0.6 is 0 Å². The van der Waals surface area contributed by atoms with Crippen LogP contribution in [0.15, 0.2) is 54.1 Å². The molecule has 0 aliphatic carbocycles. The van der Waals surface area contributed by atoms with E-state index in [4.69, 9.17) is 9.47 Å². The van der Waals surface area contributed by atoms with Gasteiger partial charge in [0.2, 0.25) is 0 Å². The Kier molecular flexibility index (Phi) is 7.42. The Morgan fingerprint density at radius 2 is 1.86 bits per heavy atom. The number of carbonyl (C=O) groups is 2. The van der Waals surface area contributed by atoms with Crippen LogP contribution in [0.1, 0.15) is 23.6 Å². The van der Waals surface area contributed by atoms with E-state index in [0.29, 0.717) is 43.1 Å². The molecule has 184 valence electrons. The number of aliphatic hydroxyl groups excluding tert-OH is 1. The zero-order valence-electron chi connectivity index (χ0n) is 19.4. The Morgan fingerprint density at radius 1 is 1.14 bits per heavy atom. The highest BCUT2D eigenvalue weighted by Crippen LogP contribution is 2.40. The van der Waals surface area contributed by atoms with Gasteiger partial charge in [-0.3, -0.25) is 24.6 Å². The molecule has 1 atom stereocenters. The molecule has 2 fully saturated rings. The van der Waals surface area contributed by atoms with Gasteiger partial charge in [0.05, 0.1) is 36.9 Å². The third-order valence-corrected chi connectivity index (χ3v) is 6.28. The first-order valence-electron chi connectivity index (χ1n) is 11.4. The first-order chi connectivity index (χ1) is 16.9. The minimum atomic E-state index is -0.869. The lowest BCUT2D eigenvalue weighted by Gasteiger charge is -2.29. The molecule has 0 radical (unpaired) electrons. The number of ether oxygens (including phenoxy) is 2. The van der Waals surface area contributed by atoms with E-state index < -0.39 is 22.7 Å². The maximum Gasteiger partial charge on any atom is 0.295 e. The zero-order valence-corrected chi connectivity index (χ0v) is 19.4. The van der Waals surface area contributed by atoms with Crippen LogP contribution in [-0.2, 0) is 14.3 Å². The van der Waals surface area contributed by atoms with Crippen molar-refractivity contribution in [3.8, 4) is 5.75 Å².